The van der Waals surface area contributed by atoms with Crippen LogP contribution in [0.5, 0.6) is 0 Å². The second-order valence-electron chi connectivity index (χ2n) is 4.63. The molecular weight excluding hydrogens is 242 g/mol. The number of benzene rings is 1. The molecule has 2 unspecified atom stereocenters. The van der Waals surface area contributed by atoms with Crippen molar-refractivity contribution in [1.29, 1.82) is 0 Å². The molecule has 0 aliphatic rings. The third kappa shape index (κ3) is 4.91. The minimum Gasteiger partial charge on any atom is -0.309 e. The van der Waals surface area contributed by atoms with E-state index in [0.29, 0.717) is 0 Å². The molecule has 0 saturated heterocycles. The van der Waals surface area contributed by atoms with Gasteiger partial charge >= 0.3 is 0 Å². The fraction of sp³-hybridized carbons (Fsp3) is 0.600. The van der Waals surface area contributed by atoms with Crippen LogP contribution in [0.3, 0.4) is 0 Å². The summed E-state index contributed by atoms with van der Waals surface area (Å²) in [5, 5.41) is 3.45. The largest absolute Gasteiger partial charge is 0.309 e. The van der Waals surface area contributed by atoms with E-state index in [2.05, 4.69) is 50.4 Å². The maximum atomic E-state index is 12.0. The van der Waals surface area contributed by atoms with Gasteiger partial charge in [0, 0.05) is 28.3 Å². The molecule has 0 amide bonds. The summed E-state index contributed by atoms with van der Waals surface area (Å²) >= 11 is 0. The number of hydrogen-bond acceptors (Lipinski definition) is 2. The van der Waals surface area contributed by atoms with E-state index in [4.69, 9.17) is 0 Å². The minimum atomic E-state index is -0.723. The van der Waals surface area contributed by atoms with E-state index in [-0.39, 0.29) is 6.04 Å². The van der Waals surface area contributed by atoms with Crippen LogP contribution in [0.15, 0.2) is 24.3 Å². The molecule has 1 rings (SSSR count). The standard InChI is InChI=1S/C15H25NOS/c1-4-6-11-18(17)12-15(16-5-2)14-10-8-7-9-13(14)3/h7-10,15-16H,4-6,11-12H2,1-3H3. The lowest BCUT2D eigenvalue weighted by molar-refractivity contribution is 0.591. The zero-order chi connectivity index (χ0) is 13.4. The molecule has 18 heavy (non-hydrogen) atoms. The molecule has 0 spiro atoms. The van der Waals surface area contributed by atoms with E-state index >= 15 is 0 Å². The van der Waals surface area contributed by atoms with Gasteiger partial charge in [0.25, 0.3) is 0 Å². The Bertz CT molecular complexity index is 379. The molecule has 2 atom stereocenters. The van der Waals surface area contributed by atoms with Gasteiger partial charge in [-0.15, -0.1) is 0 Å². The van der Waals surface area contributed by atoms with E-state index in [1.807, 2.05) is 0 Å². The molecule has 1 N–H and O–H groups in total. The molecule has 1 aromatic carbocycles. The van der Waals surface area contributed by atoms with E-state index in [0.717, 1.165) is 30.9 Å². The first kappa shape index (κ1) is 15.4. The van der Waals surface area contributed by atoms with Gasteiger partial charge in [0.15, 0.2) is 0 Å². The normalized spacial score (nSPS) is 14.4. The molecule has 0 aliphatic carbocycles. The van der Waals surface area contributed by atoms with Gasteiger partial charge in [-0.05, 0) is 31.0 Å². The molecule has 102 valence electrons. The highest BCUT2D eigenvalue weighted by Crippen LogP contribution is 2.18. The second-order valence-corrected chi connectivity index (χ2v) is 6.25. The topological polar surface area (TPSA) is 29.1 Å². The summed E-state index contributed by atoms with van der Waals surface area (Å²) in [7, 11) is -0.723. The average molecular weight is 267 g/mol. The molecule has 1 aromatic rings. The van der Waals surface area contributed by atoms with Crippen molar-refractivity contribution in [3.63, 3.8) is 0 Å². The van der Waals surface area contributed by atoms with Gasteiger partial charge < -0.3 is 5.32 Å². The molecule has 3 heteroatoms. The van der Waals surface area contributed by atoms with Crippen molar-refractivity contribution in [3.05, 3.63) is 35.4 Å². The van der Waals surface area contributed by atoms with Gasteiger partial charge in [0.05, 0.1) is 0 Å². The van der Waals surface area contributed by atoms with E-state index in [1.54, 1.807) is 0 Å². The summed E-state index contributed by atoms with van der Waals surface area (Å²) in [6.07, 6.45) is 2.17. The van der Waals surface area contributed by atoms with Crippen LogP contribution in [0, 0.1) is 6.92 Å². The number of hydrogen-bond donors (Lipinski definition) is 1. The van der Waals surface area contributed by atoms with E-state index in [9.17, 15) is 4.21 Å². The number of nitrogens with one attached hydrogen (secondary N) is 1. The van der Waals surface area contributed by atoms with Crippen molar-refractivity contribution in [2.75, 3.05) is 18.1 Å². The fourth-order valence-electron chi connectivity index (χ4n) is 2.06. The highest BCUT2D eigenvalue weighted by molar-refractivity contribution is 7.85. The van der Waals surface area contributed by atoms with Gasteiger partial charge in [-0.1, -0.05) is 44.5 Å². The van der Waals surface area contributed by atoms with Crippen molar-refractivity contribution in [2.45, 2.75) is 39.7 Å². The number of unbranched alkanes of at least 4 members (excludes halogenated alkanes) is 1. The first-order valence-electron chi connectivity index (χ1n) is 6.82. The highest BCUT2D eigenvalue weighted by Gasteiger charge is 2.15. The molecule has 0 fully saturated rings. The first-order valence-corrected chi connectivity index (χ1v) is 8.31. The third-order valence-corrected chi connectivity index (χ3v) is 4.54. The van der Waals surface area contributed by atoms with Crippen molar-refractivity contribution < 1.29 is 4.21 Å². The van der Waals surface area contributed by atoms with E-state index < -0.39 is 10.8 Å². The van der Waals surface area contributed by atoms with Crippen LogP contribution in [0.25, 0.3) is 0 Å². The second kappa shape index (κ2) is 8.44. The van der Waals surface area contributed by atoms with Crippen molar-refractivity contribution in [1.82, 2.24) is 5.32 Å². The number of aryl methyl sites for hydroxylation is 1. The smallest absolute Gasteiger partial charge is 0.0439 e. The number of rotatable bonds is 8. The lowest BCUT2D eigenvalue weighted by atomic mass is 10.0. The maximum Gasteiger partial charge on any atom is 0.0439 e. The summed E-state index contributed by atoms with van der Waals surface area (Å²) < 4.78 is 12.0. The van der Waals surface area contributed by atoms with Crippen LogP contribution in [-0.2, 0) is 10.8 Å². The van der Waals surface area contributed by atoms with Crippen LogP contribution in [0.1, 0.15) is 43.9 Å². The monoisotopic (exact) mass is 267 g/mol. The van der Waals surface area contributed by atoms with Gasteiger partial charge in [-0.25, -0.2) is 0 Å². The lowest BCUT2D eigenvalue weighted by Crippen LogP contribution is -2.27. The predicted octanol–water partition coefficient (Wildman–Crippen LogP) is 3.19. The average Bonchev–Trinajstić information content (AvgIpc) is 2.36. The zero-order valence-corrected chi connectivity index (χ0v) is 12.6. The molecule has 0 bridgehead atoms. The molecule has 2 nitrogen and oxygen atoms in total. The molecule has 0 saturated carbocycles. The Labute approximate surface area is 114 Å². The molecule has 0 aliphatic heterocycles. The summed E-state index contributed by atoms with van der Waals surface area (Å²) in [5.74, 6) is 1.54. The van der Waals surface area contributed by atoms with Gasteiger partial charge in [0.1, 0.15) is 0 Å². The van der Waals surface area contributed by atoms with E-state index in [1.165, 1.54) is 11.1 Å². The van der Waals surface area contributed by atoms with Crippen LogP contribution in [0.2, 0.25) is 0 Å². The molecule has 0 aromatic heterocycles. The Balaban J connectivity index is 2.71. The van der Waals surface area contributed by atoms with Crippen LogP contribution < -0.4 is 5.32 Å². The van der Waals surface area contributed by atoms with Crippen molar-refractivity contribution in [2.24, 2.45) is 0 Å². The third-order valence-electron chi connectivity index (χ3n) is 3.09. The molecular formula is C15H25NOS. The summed E-state index contributed by atoms with van der Waals surface area (Å²) in [5.41, 5.74) is 2.56. The Hall–Kier alpha value is -0.670. The lowest BCUT2D eigenvalue weighted by Gasteiger charge is -2.20. The maximum absolute atomic E-state index is 12.0. The minimum absolute atomic E-state index is 0.217. The van der Waals surface area contributed by atoms with Crippen LogP contribution in [-0.4, -0.2) is 22.3 Å². The summed E-state index contributed by atoms with van der Waals surface area (Å²) in [6.45, 7) is 7.26. The van der Waals surface area contributed by atoms with Crippen LogP contribution in [0.4, 0.5) is 0 Å². The Morgan fingerprint density at radius 2 is 2.00 bits per heavy atom. The van der Waals surface area contributed by atoms with Crippen molar-refractivity contribution >= 4 is 10.8 Å². The Kier molecular flexibility index (Phi) is 7.21. The van der Waals surface area contributed by atoms with Gasteiger partial charge in [0.2, 0.25) is 0 Å². The van der Waals surface area contributed by atoms with Crippen LogP contribution >= 0.6 is 0 Å². The van der Waals surface area contributed by atoms with Gasteiger partial charge in [-0.3, -0.25) is 4.21 Å². The molecule has 0 heterocycles. The van der Waals surface area contributed by atoms with Gasteiger partial charge in [-0.2, -0.15) is 0 Å². The summed E-state index contributed by atoms with van der Waals surface area (Å²) in [6, 6.07) is 8.58. The molecule has 0 radical (unpaired) electrons. The first-order chi connectivity index (χ1) is 8.69. The summed E-state index contributed by atoms with van der Waals surface area (Å²) in [4.78, 5) is 0. The predicted molar refractivity (Wildman–Crippen MR) is 80.4 cm³/mol. The quantitative estimate of drug-likeness (QED) is 0.783. The Morgan fingerprint density at radius 1 is 1.28 bits per heavy atom. The zero-order valence-electron chi connectivity index (χ0n) is 11.7. The van der Waals surface area contributed by atoms with Crippen molar-refractivity contribution in [3.8, 4) is 0 Å². The highest BCUT2D eigenvalue weighted by atomic mass is 32.2. The fourth-order valence-corrected chi connectivity index (χ4v) is 3.50. The Morgan fingerprint density at radius 3 is 2.61 bits per heavy atom. The SMILES string of the molecule is CCCCS(=O)CC(NCC)c1ccccc1C.